The molecule has 0 saturated carbocycles. The van der Waals surface area contributed by atoms with Gasteiger partial charge in [0, 0.05) is 37.8 Å². The third kappa shape index (κ3) is 5.60. The van der Waals surface area contributed by atoms with Crippen molar-refractivity contribution in [3.63, 3.8) is 0 Å². The van der Waals surface area contributed by atoms with Crippen LogP contribution in [0.2, 0.25) is 5.02 Å². The van der Waals surface area contributed by atoms with E-state index in [1.807, 2.05) is 0 Å². The van der Waals surface area contributed by atoms with Crippen LogP contribution in [0.25, 0.3) is 0 Å². The third-order valence-corrected chi connectivity index (χ3v) is 4.08. The average molecular weight is 415 g/mol. The molecule has 0 amide bonds. The lowest BCUT2D eigenvalue weighted by Crippen LogP contribution is -2.46. The van der Waals surface area contributed by atoms with Gasteiger partial charge in [0.2, 0.25) is 0 Å². The minimum absolute atomic E-state index is 0. The lowest BCUT2D eigenvalue weighted by Gasteiger charge is -2.37. The zero-order valence-electron chi connectivity index (χ0n) is 12.6. The maximum atomic E-state index is 14.3. The standard InChI is InChI=1S/C14H14ClF7N2.ClH/c15-9-2-1-8(14(20,21)22)11(12(9)16)10(7-13(17,18)19)24-5-3-23-4-6-24;/h1-2,10,23H,3-7H2;1H/t10-;/m0./s1. The van der Waals surface area contributed by atoms with Gasteiger partial charge in [-0.15, -0.1) is 12.4 Å². The van der Waals surface area contributed by atoms with E-state index >= 15 is 0 Å². The lowest BCUT2D eigenvalue weighted by atomic mass is 9.94. The molecular weight excluding hydrogens is 400 g/mol. The summed E-state index contributed by atoms with van der Waals surface area (Å²) in [5.41, 5.74) is -2.48. The SMILES string of the molecule is Cl.Fc1c(Cl)ccc(C(F)(F)F)c1[C@H](CC(F)(F)F)N1CCNCC1. The molecule has 0 aromatic heterocycles. The number of nitrogens with zero attached hydrogens (tertiary/aromatic N) is 1. The molecule has 1 aromatic rings. The highest BCUT2D eigenvalue weighted by Crippen LogP contribution is 2.43. The van der Waals surface area contributed by atoms with Crippen LogP contribution in [0.5, 0.6) is 0 Å². The average Bonchev–Trinajstić information content (AvgIpc) is 2.46. The Hall–Kier alpha value is -0.770. The molecule has 0 unspecified atom stereocenters. The molecule has 1 aliphatic heterocycles. The molecule has 1 fully saturated rings. The van der Waals surface area contributed by atoms with Crippen molar-refractivity contribution in [2.75, 3.05) is 26.2 Å². The highest BCUT2D eigenvalue weighted by atomic mass is 35.5. The van der Waals surface area contributed by atoms with Gasteiger partial charge in [-0.25, -0.2) is 4.39 Å². The van der Waals surface area contributed by atoms with E-state index in [1.165, 1.54) is 4.90 Å². The number of hydrogen-bond donors (Lipinski definition) is 1. The van der Waals surface area contributed by atoms with Gasteiger partial charge in [-0.2, -0.15) is 26.3 Å². The van der Waals surface area contributed by atoms with Crippen LogP contribution in [-0.4, -0.2) is 37.3 Å². The second kappa shape index (κ2) is 8.28. The van der Waals surface area contributed by atoms with Gasteiger partial charge in [-0.3, -0.25) is 4.90 Å². The second-order valence-electron chi connectivity index (χ2n) is 5.44. The number of piperazine rings is 1. The molecule has 0 spiro atoms. The molecule has 0 aliphatic carbocycles. The fraction of sp³-hybridized carbons (Fsp3) is 0.571. The van der Waals surface area contributed by atoms with Crippen molar-refractivity contribution in [3.8, 4) is 0 Å². The first-order valence-electron chi connectivity index (χ1n) is 7.07. The maximum absolute atomic E-state index is 14.3. The zero-order chi connectivity index (χ0) is 18.1. The van der Waals surface area contributed by atoms with Crippen molar-refractivity contribution in [1.29, 1.82) is 0 Å². The molecule has 2 rings (SSSR count). The topological polar surface area (TPSA) is 15.3 Å². The first-order chi connectivity index (χ1) is 11.0. The summed E-state index contributed by atoms with van der Waals surface area (Å²) in [7, 11) is 0. The van der Waals surface area contributed by atoms with Crippen molar-refractivity contribution in [2.45, 2.75) is 24.8 Å². The number of rotatable bonds is 3. The molecule has 11 heteroatoms. The summed E-state index contributed by atoms with van der Waals surface area (Å²) in [6.45, 7) is 0.754. The van der Waals surface area contributed by atoms with Gasteiger partial charge in [0.05, 0.1) is 17.0 Å². The Morgan fingerprint density at radius 2 is 1.64 bits per heavy atom. The fourth-order valence-electron chi connectivity index (χ4n) is 2.77. The normalized spacial score (nSPS) is 17.9. The Labute approximate surface area is 150 Å². The van der Waals surface area contributed by atoms with Gasteiger partial charge in [0.25, 0.3) is 0 Å². The molecule has 0 radical (unpaired) electrons. The number of halogens is 9. The monoisotopic (exact) mass is 414 g/mol. The molecule has 2 nitrogen and oxygen atoms in total. The van der Waals surface area contributed by atoms with Crippen LogP contribution in [0, 0.1) is 5.82 Å². The van der Waals surface area contributed by atoms with E-state index in [1.54, 1.807) is 0 Å². The Kier molecular flexibility index (Phi) is 7.38. The number of nitrogens with one attached hydrogen (secondary N) is 1. The molecule has 1 N–H and O–H groups in total. The third-order valence-electron chi connectivity index (χ3n) is 3.79. The first kappa shape index (κ1) is 22.3. The van der Waals surface area contributed by atoms with Crippen molar-refractivity contribution in [3.05, 3.63) is 34.1 Å². The molecule has 1 aromatic carbocycles. The van der Waals surface area contributed by atoms with Crippen LogP contribution < -0.4 is 5.32 Å². The zero-order valence-corrected chi connectivity index (χ0v) is 14.2. The Morgan fingerprint density at radius 1 is 1.08 bits per heavy atom. The minimum atomic E-state index is -4.99. The summed E-state index contributed by atoms with van der Waals surface area (Å²) in [6.07, 6.45) is -11.3. The lowest BCUT2D eigenvalue weighted by molar-refractivity contribution is -0.153. The van der Waals surface area contributed by atoms with Gasteiger partial charge in [-0.05, 0) is 12.1 Å². The molecule has 25 heavy (non-hydrogen) atoms. The van der Waals surface area contributed by atoms with Gasteiger partial charge in [0.15, 0.2) is 0 Å². The van der Waals surface area contributed by atoms with E-state index < -0.39 is 46.8 Å². The molecular formula is C14H15Cl2F7N2. The summed E-state index contributed by atoms with van der Waals surface area (Å²) < 4.78 is 92.7. The molecule has 1 atom stereocenters. The van der Waals surface area contributed by atoms with E-state index in [0.29, 0.717) is 25.2 Å². The highest BCUT2D eigenvalue weighted by molar-refractivity contribution is 6.30. The summed E-state index contributed by atoms with van der Waals surface area (Å²) >= 11 is 5.54. The minimum Gasteiger partial charge on any atom is -0.314 e. The quantitative estimate of drug-likeness (QED) is 0.713. The molecule has 1 saturated heterocycles. The Balaban J connectivity index is 0.00000312. The first-order valence-corrected chi connectivity index (χ1v) is 7.45. The van der Waals surface area contributed by atoms with Crippen LogP contribution in [0.4, 0.5) is 30.7 Å². The van der Waals surface area contributed by atoms with Crippen molar-refractivity contribution >= 4 is 24.0 Å². The van der Waals surface area contributed by atoms with Crippen molar-refractivity contribution in [2.24, 2.45) is 0 Å². The molecule has 1 aliphatic rings. The molecule has 144 valence electrons. The van der Waals surface area contributed by atoms with E-state index in [9.17, 15) is 30.7 Å². The maximum Gasteiger partial charge on any atom is 0.416 e. The molecule has 0 bridgehead atoms. The molecule has 1 heterocycles. The second-order valence-corrected chi connectivity index (χ2v) is 5.85. The predicted molar refractivity (Wildman–Crippen MR) is 81.5 cm³/mol. The van der Waals surface area contributed by atoms with E-state index in [0.717, 1.165) is 0 Å². The van der Waals surface area contributed by atoms with Crippen molar-refractivity contribution in [1.82, 2.24) is 10.2 Å². The summed E-state index contributed by atoms with van der Waals surface area (Å²) in [5.74, 6) is -1.46. The van der Waals surface area contributed by atoms with Crippen LogP contribution in [-0.2, 0) is 6.18 Å². The van der Waals surface area contributed by atoms with E-state index in [2.05, 4.69) is 5.32 Å². The van der Waals surface area contributed by atoms with Gasteiger partial charge in [-0.1, -0.05) is 11.6 Å². The summed E-state index contributed by atoms with van der Waals surface area (Å²) in [5, 5.41) is 2.25. The van der Waals surface area contributed by atoms with Gasteiger partial charge >= 0.3 is 12.4 Å². The van der Waals surface area contributed by atoms with Gasteiger partial charge in [0.1, 0.15) is 5.82 Å². The van der Waals surface area contributed by atoms with Crippen LogP contribution in [0.1, 0.15) is 23.6 Å². The Morgan fingerprint density at radius 3 is 2.12 bits per heavy atom. The largest absolute Gasteiger partial charge is 0.416 e. The van der Waals surface area contributed by atoms with E-state index in [-0.39, 0.29) is 25.5 Å². The number of alkyl halides is 6. The highest BCUT2D eigenvalue weighted by Gasteiger charge is 2.43. The Bertz CT molecular complexity index is 584. The van der Waals surface area contributed by atoms with E-state index in [4.69, 9.17) is 11.6 Å². The van der Waals surface area contributed by atoms with Gasteiger partial charge < -0.3 is 5.32 Å². The smallest absolute Gasteiger partial charge is 0.314 e. The number of hydrogen-bond acceptors (Lipinski definition) is 2. The predicted octanol–water partition coefficient (Wildman–Crippen LogP) is 4.82. The van der Waals surface area contributed by atoms with Crippen LogP contribution in [0.3, 0.4) is 0 Å². The van der Waals surface area contributed by atoms with Crippen LogP contribution in [0.15, 0.2) is 12.1 Å². The van der Waals surface area contributed by atoms with Crippen LogP contribution >= 0.6 is 24.0 Å². The number of benzene rings is 1. The summed E-state index contributed by atoms with van der Waals surface area (Å²) in [6, 6.07) is -0.569. The summed E-state index contributed by atoms with van der Waals surface area (Å²) in [4.78, 5) is 1.20. The fourth-order valence-corrected chi connectivity index (χ4v) is 2.93. The van der Waals surface area contributed by atoms with Crippen molar-refractivity contribution < 1.29 is 30.7 Å².